The first kappa shape index (κ1) is 25.4. The van der Waals surface area contributed by atoms with Crippen LogP contribution in [0.2, 0.25) is 0 Å². The van der Waals surface area contributed by atoms with Gasteiger partial charge in [0.05, 0.1) is 34.2 Å². The van der Waals surface area contributed by atoms with Crippen molar-refractivity contribution in [3.8, 4) is 0 Å². The maximum absolute atomic E-state index is 13.0. The summed E-state index contributed by atoms with van der Waals surface area (Å²) >= 11 is 0. The van der Waals surface area contributed by atoms with E-state index in [4.69, 9.17) is 15.0 Å². The molecule has 4 N–H and O–H groups in total. The number of hydrogen-bond donors (Lipinski definition) is 4. The highest BCUT2D eigenvalue weighted by Gasteiger charge is 2.48. The minimum atomic E-state index is -2.03. The first-order chi connectivity index (χ1) is 21.3. The number of benzene rings is 3. The van der Waals surface area contributed by atoms with Crippen molar-refractivity contribution >= 4 is 0 Å². The Hall–Kier alpha value is -5.05. The van der Waals surface area contributed by atoms with Crippen LogP contribution in [0.15, 0.2) is 127 Å². The van der Waals surface area contributed by atoms with Crippen LogP contribution in [0, 0.1) is 0 Å². The highest BCUT2D eigenvalue weighted by atomic mass is 16.3. The smallest absolute Gasteiger partial charge is 0.191 e. The first-order valence-corrected chi connectivity index (χ1v) is 14.4. The summed E-state index contributed by atoms with van der Waals surface area (Å²) < 4.78 is 0. The Balaban J connectivity index is 1.63. The van der Waals surface area contributed by atoms with E-state index in [0.29, 0.717) is 33.4 Å². The van der Waals surface area contributed by atoms with Gasteiger partial charge >= 0.3 is 0 Å². The van der Waals surface area contributed by atoms with Crippen LogP contribution in [0.25, 0.3) is 0 Å². The summed E-state index contributed by atoms with van der Waals surface area (Å²) in [5, 5.41) is 51.9. The fraction of sp³-hybridized carbons (Fsp3) is 0.108. The molecule has 6 heterocycles. The second-order valence-corrected chi connectivity index (χ2v) is 11.8. The van der Waals surface area contributed by atoms with Gasteiger partial charge in [0.25, 0.3) is 0 Å². The van der Waals surface area contributed by atoms with Crippen LogP contribution in [-0.4, -0.2) is 35.4 Å². The molecule has 212 valence electrons. The molecular formula is C37H25N3O4. The van der Waals surface area contributed by atoms with Crippen LogP contribution in [0.5, 0.6) is 0 Å². The van der Waals surface area contributed by atoms with Gasteiger partial charge in [-0.15, -0.1) is 0 Å². The molecule has 0 amide bonds. The van der Waals surface area contributed by atoms with E-state index in [0.717, 1.165) is 0 Å². The molecular weight excluding hydrogens is 550 g/mol. The Bertz CT molecular complexity index is 1660. The van der Waals surface area contributed by atoms with Crippen molar-refractivity contribution in [3.63, 3.8) is 0 Å². The van der Waals surface area contributed by atoms with Gasteiger partial charge in [-0.3, -0.25) is 15.0 Å². The van der Waals surface area contributed by atoms with Crippen molar-refractivity contribution < 1.29 is 20.4 Å². The molecule has 0 atom stereocenters. The summed E-state index contributed by atoms with van der Waals surface area (Å²) in [5.41, 5.74) is -3.60. The molecule has 16 bridgehead atoms. The predicted octanol–water partition coefficient (Wildman–Crippen LogP) is 3.95. The van der Waals surface area contributed by atoms with Crippen molar-refractivity contribution in [1.29, 1.82) is 0 Å². The summed E-state index contributed by atoms with van der Waals surface area (Å²) in [6.07, 6.45) is 0. The molecule has 0 spiro atoms. The SMILES string of the molecule is OC12c3cccc(c3)C3(O)c4cccc(c4)C(O)(c4cccc1c4)c1cccc(n1)C(O)(c1cccc2n1)c1cccc3n1. The quantitative estimate of drug-likeness (QED) is 0.217. The Morgan fingerprint density at radius 1 is 0.295 bits per heavy atom. The van der Waals surface area contributed by atoms with Gasteiger partial charge in [-0.1, -0.05) is 72.8 Å². The van der Waals surface area contributed by atoms with Gasteiger partial charge in [0.2, 0.25) is 0 Å². The van der Waals surface area contributed by atoms with Gasteiger partial charge in [-0.2, -0.15) is 0 Å². The summed E-state index contributed by atoms with van der Waals surface area (Å²) in [4.78, 5) is 14.8. The second-order valence-electron chi connectivity index (χ2n) is 11.8. The molecule has 1 aliphatic carbocycles. The lowest BCUT2D eigenvalue weighted by molar-refractivity contribution is 0.0887. The average molecular weight is 576 g/mol. The highest BCUT2D eigenvalue weighted by Crippen LogP contribution is 2.48. The first-order valence-electron chi connectivity index (χ1n) is 14.4. The van der Waals surface area contributed by atoms with Crippen molar-refractivity contribution in [2.45, 2.75) is 22.4 Å². The van der Waals surface area contributed by atoms with Gasteiger partial charge in [0, 0.05) is 0 Å². The zero-order valence-corrected chi connectivity index (χ0v) is 23.3. The molecule has 3 aromatic carbocycles. The van der Waals surface area contributed by atoms with Gasteiger partial charge in [-0.05, 0) is 88.0 Å². The Labute approximate surface area is 252 Å². The van der Waals surface area contributed by atoms with Crippen LogP contribution < -0.4 is 0 Å². The third kappa shape index (κ3) is 2.96. The number of nitrogens with zero attached hydrogens (tertiary/aromatic N) is 3. The molecule has 3 aliphatic heterocycles. The molecule has 7 heteroatoms. The molecule has 0 saturated heterocycles. The van der Waals surface area contributed by atoms with E-state index in [9.17, 15) is 20.4 Å². The topological polar surface area (TPSA) is 120 Å². The number of hydrogen-bond acceptors (Lipinski definition) is 7. The van der Waals surface area contributed by atoms with Gasteiger partial charge in [-0.25, -0.2) is 0 Å². The number of rotatable bonds is 0. The lowest BCUT2D eigenvalue weighted by atomic mass is 9.73. The largest absolute Gasteiger partial charge is 0.374 e. The lowest BCUT2D eigenvalue weighted by Crippen LogP contribution is -2.41. The van der Waals surface area contributed by atoms with E-state index in [1.807, 2.05) is 0 Å². The zero-order chi connectivity index (χ0) is 29.9. The van der Waals surface area contributed by atoms with Gasteiger partial charge in [0.15, 0.2) is 22.4 Å². The van der Waals surface area contributed by atoms with E-state index in [1.165, 1.54) is 0 Å². The summed E-state index contributed by atoms with van der Waals surface area (Å²) in [5.74, 6) is 0. The molecule has 7 nitrogen and oxygen atoms in total. The molecule has 4 aliphatic rings. The normalized spacial score (nSPS) is 27.0. The Morgan fingerprint density at radius 2 is 0.500 bits per heavy atom. The van der Waals surface area contributed by atoms with Crippen LogP contribution in [0.3, 0.4) is 0 Å². The third-order valence-electron chi connectivity index (χ3n) is 9.57. The molecule has 3 aromatic heterocycles. The monoisotopic (exact) mass is 575 g/mol. The maximum Gasteiger partial charge on any atom is 0.191 e. The average Bonchev–Trinajstić information content (AvgIpc) is 3.09. The van der Waals surface area contributed by atoms with Crippen LogP contribution in [-0.2, 0) is 22.4 Å². The number of aromatic nitrogens is 3. The molecule has 6 aromatic rings. The van der Waals surface area contributed by atoms with E-state index in [-0.39, 0.29) is 34.2 Å². The summed E-state index contributed by atoms with van der Waals surface area (Å²) in [7, 11) is 0. The van der Waals surface area contributed by atoms with E-state index >= 15 is 0 Å². The maximum atomic E-state index is 13.0. The van der Waals surface area contributed by atoms with Crippen molar-refractivity contribution in [1.82, 2.24) is 15.0 Å². The van der Waals surface area contributed by atoms with Crippen LogP contribution >= 0.6 is 0 Å². The van der Waals surface area contributed by atoms with Crippen molar-refractivity contribution in [3.05, 3.63) is 195 Å². The van der Waals surface area contributed by atoms with Crippen LogP contribution in [0.1, 0.15) is 67.5 Å². The lowest BCUT2D eigenvalue weighted by Gasteiger charge is -2.39. The second kappa shape index (κ2) is 8.31. The summed E-state index contributed by atoms with van der Waals surface area (Å²) in [6, 6.07) is 36.8. The van der Waals surface area contributed by atoms with E-state index in [2.05, 4.69) is 0 Å². The Morgan fingerprint density at radius 3 is 0.750 bits per heavy atom. The zero-order valence-electron chi connectivity index (χ0n) is 23.3. The number of aliphatic hydroxyl groups is 4. The molecule has 0 radical (unpaired) electrons. The van der Waals surface area contributed by atoms with Crippen molar-refractivity contribution in [2.24, 2.45) is 0 Å². The molecule has 0 saturated carbocycles. The fourth-order valence-corrected chi connectivity index (χ4v) is 7.20. The van der Waals surface area contributed by atoms with E-state index in [1.54, 1.807) is 127 Å². The van der Waals surface area contributed by atoms with Crippen LogP contribution in [0.4, 0.5) is 0 Å². The minimum Gasteiger partial charge on any atom is -0.374 e. The Kier molecular flexibility index (Phi) is 4.81. The van der Waals surface area contributed by atoms with Gasteiger partial charge < -0.3 is 20.4 Å². The highest BCUT2D eigenvalue weighted by molar-refractivity contribution is 5.58. The molecule has 0 fully saturated rings. The standard InChI is InChI=1S/C37H25N3O4/c41-34-22-7-1-8-23(19-22)35(42)25-10-3-12-27(21-25)36(43,26-11-2-9-24(34)20-26)30-15-6-18-33(40-30)37(44,31-16-4-13-28(34)38-31)32-17-5-14-29(35)39-32/h1-21,41-44H. The van der Waals surface area contributed by atoms with Gasteiger partial charge in [0.1, 0.15) is 0 Å². The predicted molar refractivity (Wildman–Crippen MR) is 160 cm³/mol. The summed E-state index contributed by atoms with van der Waals surface area (Å²) in [6.45, 7) is 0. The third-order valence-corrected chi connectivity index (χ3v) is 9.57. The molecule has 44 heavy (non-hydrogen) atoms. The molecule has 10 rings (SSSR count). The molecule has 0 unspecified atom stereocenters. The minimum absolute atomic E-state index is 0.179. The van der Waals surface area contributed by atoms with E-state index < -0.39 is 22.4 Å². The number of pyridine rings is 3. The fourth-order valence-electron chi connectivity index (χ4n) is 7.20. The van der Waals surface area contributed by atoms with Crippen molar-refractivity contribution in [2.75, 3.05) is 0 Å².